The van der Waals surface area contributed by atoms with E-state index in [1.807, 2.05) is 14.1 Å². The second-order valence-corrected chi connectivity index (χ2v) is 3.11. The third-order valence-electron chi connectivity index (χ3n) is 1.61. The molecule has 2 heterocycles. The molecule has 8 heteroatoms. The summed E-state index contributed by atoms with van der Waals surface area (Å²) in [6, 6.07) is 0. The van der Waals surface area contributed by atoms with Crippen molar-refractivity contribution in [3.63, 3.8) is 0 Å². The van der Waals surface area contributed by atoms with E-state index in [2.05, 4.69) is 30.4 Å². The van der Waals surface area contributed by atoms with Gasteiger partial charge in [-0.3, -0.25) is 14.9 Å². The Labute approximate surface area is 84.0 Å². The van der Waals surface area contributed by atoms with Crippen molar-refractivity contribution in [1.29, 1.82) is 0 Å². The molecule has 0 unspecified atom stereocenters. The smallest absolute Gasteiger partial charge is 0.280 e. The predicted octanol–water partition coefficient (Wildman–Crippen LogP) is -0.737. The van der Waals surface area contributed by atoms with Crippen molar-refractivity contribution in [1.82, 2.24) is 30.3 Å². The third-order valence-corrected chi connectivity index (χ3v) is 1.61. The molecule has 2 rings (SSSR count). The van der Waals surface area contributed by atoms with Gasteiger partial charge in [0.05, 0.1) is 6.34 Å². The number of hydrogen-bond donors (Lipinski definition) is 2. The molecule has 78 valence electrons. The highest BCUT2D eigenvalue weighted by Crippen LogP contribution is 2.03. The highest BCUT2D eigenvalue weighted by Gasteiger charge is 2.05. The standard InChI is InChI=1S/C7H9N7O/c1-14(2)3-8-7-9-5-4(6(15)10-7)11-13-12-5/h3H,1-2H3,(H2,9,10,11,12,13,15). The van der Waals surface area contributed by atoms with E-state index in [-0.39, 0.29) is 22.7 Å². The maximum atomic E-state index is 11.4. The average Bonchev–Trinajstić information content (AvgIpc) is 2.63. The van der Waals surface area contributed by atoms with Crippen LogP contribution in [0.1, 0.15) is 0 Å². The molecule has 0 aliphatic rings. The normalized spacial score (nSPS) is 11.3. The molecule has 2 aromatic heterocycles. The minimum Gasteiger partial charge on any atom is -0.369 e. The molecule has 8 nitrogen and oxygen atoms in total. The van der Waals surface area contributed by atoms with E-state index in [0.29, 0.717) is 0 Å². The Bertz CT molecular complexity index is 552. The maximum absolute atomic E-state index is 11.4. The van der Waals surface area contributed by atoms with Crippen LogP contribution in [0.15, 0.2) is 9.79 Å². The molecule has 0 saturated heterocycles. The van der Waals surface area contributed by atoms with Gasteiger partial charge in [0, 0.05) is 14.1 Å². The molecule has 0 atom stereocenters. The molecule has 0 saturated carbocycles. The van der Waals surface area contributed by atoms with Gasteiger partial charge < -0.3 is 4.90 Å². The Morgan fingerprint density at radius 3 is 3.00 bits per heavy atom. The van der Waals surface area contributed by atoms with Gasteiger partial charge in [0.15, 0.2) is 5.52 Å². The van der Waals surface area contributed by atoms with E-state index in [1.165, 1.54) is 6.34 Å². The number of nitrogens with zero attached hydrogens (tertiary/aromatic N) is 5. The van der Waals surface area contributed by atoms with E-state index >= 15 is 0 Å². The average molecular weight is 207 g/mol. The van der Waals surface area contributed by atoms with Gasteiger partial charge >= 0.3 is 0 Å². The van der Waals surface area contributed by atoms with Gasteiger partial charge in [-0.1, -0.05) is 5.21 Å². The van der Waals surface area contributed by atoms with Gasteiger partial charge in [0.1, 0.15) is 0 Å². The van der Waals surface area contributed by atoms with Crippen LogP contribution < -0.4 is 5.56 Å². The first-order chi connectivity index (χ1) is 7.16. The van der Waals surface area contributed by atoms with Crippen molar-refractivity contribution in [2.45, 2.75) is 0 Å². The Morgan fingerprint density at radius 1 is 1.47 bits per heavy atom. The van der Waals surface area contributed by atoms with Crippen LogP contribution in [0, 0.1) is 0 Å². The number of aromatic nitrogens is 5. The van der Waals surface area contributed by atoms with Gasteiger partial charge in [-0.25, -0.2) is 4.99 Å². The Hall–Kier alpha value is -2.25. The summed E-state index contributed by atoms with van der Waals surface area (Å²) in [7, 11) is 3.63. The van der Waals surface area contributed by atoms with E-state index in [4.69, 9.17) is 0 Å². The number of fused-ring (bicyclic) bond motifs is 1. The monoisotopic (exact) mass is 207 g/mol. The number of aromatic amines is 2. The van der Waals surface area contributed by atoms with Crippen LogP contribution in [0.2, 0.25) is 0 Å². The molecular weight excluding hydrogens is 198 g/mol. The second-order valence-electron chi connectivity index (χ2n) is 3.11. The zero-order valence-corrected chi connectivity index (χ0v) is 8.22. The van der Waals surface area contributed by atoms with E-state index < -0.39 is 0 Å². The summed E-state index contributed by atoms with van der Waals surface area (Å²) in [5.74, 6) is 0.204. The topological polar surface area (TPSA) is 103 Å². The van der Waals surface area contributed by atoms with Gasteiger partial charge in [-0.05, 0) is 0 Å². The fraction of sp³-hybridized carbons (Fsp3) is 0.286. The molecule has 2 N–H and O–H groups in total. The minimum absolute atomic E-state index is 0.204. The van der Waals surface area contributed by atoms with Crippen molar-refractivity contribution in [2.75, 3.05) is 14.1 Å². The van der Waals surface area contributed by atoms with Gasteiger partial charge in [0.2, 0.25) is 11.6 Å². The molecule has 0 bridgehead atoms. The molecule has 2 aromatic rings. The quantitative estimate of drug-likeness (QED) is 0.498. The molecular formula is C7H9N7O. The number of rotatable bonds is 2. The zero-order valence-electron chi connectivity index (χ0n) is 8.22. The highest BCUT2D eigenvalue weighted by molar-refractivity contribution is 5.69. The first-order valence-corrected chi connectivity index (χ1v) is 4.18. The summed E-state index contributed by atoms with van der Waals surface area (Å²) in [6.45, 7) is 0. The zero-order chi connectivity index (χ0) is 10.8. The molecule has 0 fully saturated rings. The number of hydrogen-bond acceptors (Lipinski definition) is 5. The van der Waals surface area contributed by atoms with Gasteiger partial charge in [0.25, 0.3) is 5.56 Å². The van der Waals surface area contributed by atoms with Crippen LogP contribution in [0.5, 0.6) is 0 Å². The summed E-state index contributed by atoms with van der Waals surface area (Å²) in [5, 5.41) is 9.57. The summed E-state index contributed by atoms with van der Waals surface area (Å²) < 4.78 is 0. The van der Waals surface area contributed by atoms with Crippen LogP contribution in [-0.4, -0.2) is 50.7 Å². The number of nitrogens with one attached hydrogen (secondary N) is 2. The predicted molar refractivity (Wildman–Crippen MR) is 54.1 cm³/mol. The van der Waals surface area contributed by atoms with Crippen LogP contribution in [0.3, 0.4) is 0 Å². The van der Waals surface area contributed by atoms with Crippen molar-refractivity contribution >= 4 is 23.5 Å². The lowest BCUT2D eigenvalue weighted by atomic mass is 10.5. The lowest BCUT2D eigenvalue weighted by molar-refractivity contribution is 0.642. The fourth-order valence-corrected chi connectivity index (χ4v) is 0.977. The molecule has 0 aliphatic heterocycles. The lowest BCUT2D eigenvalue weighted by Gasteiger charge is -2.00. The van der Waals surface area contributed by atoms with E-state index in [1.54, 1.807) is 4.90 Å². The number of aliphatic imine (C=N–C) groups is 1. The lowest BCUT2D eigenvalue weighted by Crippen LogP contribution is -2.10. The van der Waals surface area contributed by atoms with Crippen molar-refractivity contribution in [2.24, 2.45) is 4.99 Å². The first-order valence-electron chi connectivity index (χ1n) is 4.18. The third kappa shape index (κ3) is 1.82. The highest BCUT2D eigenvalue weighted by atomic mass is 16.1. The maximum Gasteiger partial charge on any atom is 0.280 e. The molecule has 0 aromatic carbocycles. The Morgan fingerprint density at radius 2 is 2.27 bits per heavy atom. The summed E-state index contributed by atoms with van der Waals surface area (Å²) >= 11 is 0. The summed E-state index contributed by atoms with van der Waals surface area (Å²) in [6.07, 6.45) is 1.53. The Balaban J connectivity index is 2.50. The second kappa shape index (κ2) is 3.48. The first kappa shape index (κ1) is 9.31. The summed E-state index contributed by atoms with van der Waals surface area (Å²) in [5.41, 5.74) is 0.166. The van der Waals surface area contributed by atoms with Gasteiger partial charge in [-0.15, -0.1) is 5.10 Å². The van der Waals surface area contributed by atoms with Crippen LogP contribution in [-0.2, 0) is 0 Å². The largest absolute Gasteiger partial charge is 0.369 e. The van der Waals surface area contributed by atoms with Crippen molar-refractivity contribution in [3.8, 4) is 0 Å². The molecule has 15 heavy (non-hydrogen) atoms. The van der Waals surface area contributed by atoms with Crippen molar-refractivity contribution in [3.05, 3.63) is 10.4 Å². The molecule has 0 amide bonds. The number of H-pyrrole nitrogens is 2. The Kier molecular flexibility index (Phi) is 2.16. The fourth-order valence-electron chi connectivity index (χ4n) is 0.977. The van der Waals surface area contributed by atoms with E-state index in [9.17, 15) is 4.79 Å². The molecule has 0 radical (unpaired) electrons. The minimum atomic E-state index is -0.337. The van der Waals surface area contributed by atoms with Gasteiger partial charge in [-0.2, -0.15) is 4.98 Å². The van der Waals surface area contributed by atoms with Crippen molar-refractivity contribution < 1.29 is 0 Å². The summed E-state index contributed by atoms with van der Waals surface area (Å²) in [4.78, 5) is 23.6. The molecule has 0 aliphatic carbocycles. The van der Waals surface area contributed by atoms with Crippen LogP contribution >= 0.6 is 0 Å². The van der Waals surface area contributed by atoms with Crippen LogP contribution in [0.4, 0.5) is 5.95 Å². The molecule has 0 spiro atoms. The SMILES string of the molecule is CN(C)C=Nc1nc2nn[nH]c2c(=O)[nH]1. The van der Waals surface area contributed by atoms with Crippen LogP contribution in [0.25, 0.3) is 11.2 Å². The van der Waals surface area contributed by atoms with E-state index in [0.717, 1.165) is 0 Å².